The van der Waals surface area contributed by atoms with Gasteiger partial charge in [-0.15, -0.1) is 0 Å². The van der Waals surface area contributed by atoms with Crippen LogP contribution in [0.1, 0.15) is 35.4 Å². The van der Waals surface area contributed by atoms with E-state index in [-0.39, 0.29) is 6.04 Å². The number of furan rings is 1. The fourth-order valence-corrected chi connectivity index (χ4v) is 2.01. The van der Waals surface area contributed by atoms with Crippen molar-refractivity contribution in [1.29, 1.82) is 0 Å². The van der Waals surface area contributed by atoms with Gasteiger partial charge in [0, 0.05) is 0 Å². The lowest BCUT2D eigenvalue weighted by molar-refractivity contribution is 0.449. The Kier molecular flexibility index (Phi) is 3.64. The molecule has 90 valence electrons. The first-order valence-electron chi connectivity index (χ1n) is 6.06. The minimum Gasteiger partial charge on any atom is -0.467 e. The van der Waals surface area contributed by atoms with Crippen molar-refractivity contribution in [3.05, 3.63) is 59.0 Å². The van der Waals surface area contributed by atoms with Crippen LogP contribution in [0.3, 0.4) is 0 Å². The van der Waals surface area contributed by atoms with Gasteiger partial charge in [0.25, 0.3) is 0 Å². The topological polar surface area (TPSA) is 25.2 Å². The number of hydrogen-bond acceptors (Lipinski definition) is 2. The zero-order valence-corrected chi connectivity index (χ0v) is 10.7. The summed E-state index contributed by atoms with van der Waals surface area (Å²) in [6.45, 7) is 7.21. The summed E-state index contributed by atoms with van der Waals surface area (Å²) in [5.41, 5.74) is 3.71. The Morgan fingerprint density at radius 1 is 1.12 bits per heavy atom. The molecular weight excluding hydrogens is 210 g/mol. The van der Waals surface area contributed by atoms with E-state index in [1.54, 1.807) is 6.26 Å². The monoisotopic (exact) mass is 229 g/mol. The maximum atomic E-state index is 5.60. The molecule has 0 radical (unpaired) electrons. The average molecular weight is 229 g/mol. The minimum absolute atomic E-state index is 0.149. The Labute approximate surface area is 103 Å². The predicted molar refractivity (Wildman–Crippen MR) is 70.1 cm³/mol. The molecule has 17 heavy (non-hydrogen) atoms. The fraction of sp³-hybridized carbons (Fsp3) is 0.333. The molecule has 2 aromatic rings. The molecule has 0 saturated carbocycles. The van der Waals surface area contributed by atoms with Crippen molar-refractivity contribution in [3.8, 4) is 0 Å². The largest absolute Gasteiger partial charge is 0.467 e. The molecule has 1 aromatic carbocycles. The van der Waals surface area contributed by atoms with Crippen LogP contribution in [0.4, 0.5) is 0 Å². The molecule has 2 heteroatoms. The first-order valence-corrected chi connectivity index (χ1v) is 6.06. The van der Waals surface area contributed by atoms with Crippen molar-refractivity contribution < 1.29 is 4.42 Å². The van der Waals surface area contributed by atoms with Crippen LogP contribution in [-0.4, -0.2) is 6.54 Å². The summed E-state index contributed by atoms with van der Waals surface area (Å²) in [6, 6.07) is 10.7. The summed E-state index contributed by atoms with van der Waals surface area (Å²) < 4.78 is 5.60. The Morgan fingerprint density at radius 3 is 2.35 bits per heavy atom. The SMILES string of the molecule is CCNC(c1ccc(C)cc1)c1occc1C. The Balaban J connectivity index is 2.35. The summed E-state index contributed by atoms with van der Waals surface area (Å²) >= 11 is 0. The van der Waals surface area contributed by atoms with E-state index in [9.17, 15) is 0 Å². The molecule has 2 rings (SSSR count). The van der Waals surface area contributed by atoms with Crippen LogP contribution in [0.5, 0.6) is 0 Å². The summed E-state index contributed by atoms with van der Waals surface area (Å²) in [4.78, 5) is 0. The fourth-order valence-electron chi connectivity index (χ4n) is 2.01. The molecule has 2 nitrogen and oxygen atoms in total. The van der Waals surface area contributed by atoms with E-state index < -0.39 is 0 Å². The average Bonchev–Trinajstić information content (AvgIpc) is 2.74. The van der Waals surface area contributed by atoms with Crippen LogP contribution < -0.4 is 5.32 Å². The van der Waals surface area contributed by atoms with Crippen molar-refractivity contribution in [3.63, 3.8) is 0 Å². The number of hydrogen-bond donors (Lipinski definition) is 1. The van der Waals surface area contributed by atoms with Crippen LogP contribution in [0, 0.1) is 13.8 Å². The summed E-state index contributed by atoms with van der Waals surface area (Å²) in [5, 5.41) is 3.47. The molecule has 0 saturated heterocycles. The molecule has 1 N–H and O–H groups in total. The van der Waals surface area contributed by atoms with E-state index in [4.69, 9.17) is 4.42 Å². The lowest BCUT2D eigenvalue weighted by atomic mass is 10.0. The van der Waals surface area contributed by atoms with Crippen molar-refractivity contribution >= 4 is 0 Å². The number of nitrogens with one attached hydrogen (secondary N) is 1. The van der Waals surface area contributed by atoms with E-state index in [0.717, 1.165) is 12.3 Å². The first-order chi connectivity index (χ1) is 8.22. The van der Waals surface area contributed by atoms with Gasteiger partial charge in [0.1, 0.15) is 5.76 Å². The van der Waals surface area contributed by atoms with Gasteiger partial charge in [0.05, 0.1) is 12.3 Å². The van der Waals surface area contributed by atoms with Gasteiger partial charge in [-0.25, -0.2) is 0 Å². The van der Waals surface area contributed by atoms with E-state index in [1.807, 2.05) is 6.07 Å². The quantitative estimate of drug-likeness (QED) is 0.866. The van der Waals surface area contributed by atoms with Crippen molar-refractivity contribution in [2.45, 2.75) is 26.8 Å². The Hall–Kier alpha value is -1.54. The van der Waals surface area contributed by atoms with E-state index in [1.165, 1.54) is 16.7 Å². The maximum absolute atomic E-state index is 5.60. The highest BCUT2D eigenvalue weighted by atomic mass is 16.3. The van der Waals surface area contributed by atoms with Gasteiger partial charge in [-0.1, -0.05) is 36.8 Å². The lowest BCUT2D eigenvalue weighted by Crippen LogP contribution is -2.22. The molecule has 0 spiro atoms. The molecule has 0 amide bonds. The third kappa shape index (κ3) is 2.59. The highest BCUT2D eigenvalue weighted by molar-refractivity contribution is 5.32. The molecule has 1 heterocycles. The zero-order chi connectivity index (χ0) is 12.3. The van der Waals surface area contributed by atoms with E-state index >= 15 is 0 Å². The second-order valence-electron chi connectivity index (χ2n) is 4.37. The highest BCUT2D eigenvalue weighted by Crippen LogP contribution is 2.25. The van der Waals surface area contributed by atoms with Gasteiger partial charge >= 0.3 is 0 Å². The molecule has 0 fully saturated rings. The van der Waals surface area contributed by atoms with Crippen molar-refractivity contribution in [2.24, 2.45) is 0 Å². The van der Waals surface area contributed by atoms with Gasteiger partial charge < -0.3 is 9.73 Å². The van der Waals surface area contributed by atoms with E-state index in [0.29, 0.717) is 0 Å². The molecule has 0 bridgehead atoms. The second-order valence-corrected chi connectivity index (χ2v) is 4.37. The molecule has 0 aliphatic rings. The van der Waals surface area contributed by atoms with Crippen molar-refractivity contribution in [1.82, 2.24) is 5.32 Å². The van der Waals surface area contributed by atoms with Gasteiger partial charge in [-0.05, 0) is 37.6 Å². The van der Waals surface area contributed by atoms with Crippen LogP contribution in [0.2, 0.25) is 0 Å². The third-order valence-electron chi connectivity index (χ3n) is 2.98. The second kappa shape index (κ2) is 5.19. The summed E-state index contributed by atoms with van der Waals surface area (Å²) in [5.74, 6) is 1.01. The smallest absolute Gasteiger partial charge is 0.128 e. The summed E-state index contributed by atoms with van der Waals surface area (Å²) in [6.07, 6.45) is 1.75. The minimum atomic E-state index is 0.149. The third-order valence-corrected chi connectivity index (χ3v) is 2.98. The molecule has 0 aliphatic heterocycles. The Bertz CT molecular complexity index is 470. The van der Waals surface area contributed by atoms with Gasteiger partial charge in [-0.3, -0.25) is 0 Å². The van der Waals surface area contributed by atoms with Crippen LogP contribution in [0.25, 0.3) is 0 Å². The number of benzene rings is 1. The van der Waals surface area contributed by atoms with Crippen LogP contribution in [0.15, 0.2) is 41.0 Å². The highest BCUT2D eigenvalue weighted by Gasteiger charge is 2.17. The lowest BCUT2D eigenvalue weighted by Gasteiger charge is -2.17. The van der Waals surface area contributed by atoms with Crippen LogP contribution in [-0.2, 0) is 0 Å². The zero-order valence-electron chi connectivity index (χ0n) is 10.7. The molecular formula is C15H19NO. The van der Waals surface area contributed by atoms with Gasteiger partial charge in [0.2, 0.25) is 0 Å². The van der Waals surface area contributed by atoms with E-state index in [2.05, 4.69) is 50.4 Å². The van der Waals surface area contributed by atoms with Crippen LogP contribution >= 0.6 is 0 Å². The number of rotatable bonds is 4. The predicted octanol–water partition coefficient (Wildman–Crippen LogP) is 3.60. The van der Waals surface area contributed by atoms with Gasteiger partial charge in [-0.2, -0.15) is 0 Å². The molecule has 1 unspecified atom stereocenters. The molecule has 1 aromatic heterocycles. The Morgan fingerprint density at radius 2 is 1.82 bits per heavy atom. The first kappa shape index (κ1) is 11.9. The maximum Gasteiger partial charge on any atom is 0.128 e. The standard InChI is InChI=1S/C15H19NO/c1-4-16-14(15-12(3)9-10-17-15)13-7-5-11(2)6-8-13/h5-10,14,16H,4H2,1-3H3. The number of aryl methyl sites for hydroxylation is 2. The molecule has 0 aliphatic carbocycles. The molecule has 1 atom stereocenters. The van der Waals surface area contributed by atoms with Gasteiger partial charge in [0.15, 0.2) is 0 Å². The van der Waals surface area contributed by atoms with Crippen molar-refractivity contribution in [2.75, 3.05) is 6.54 Å². The normalized spacial score (nSPS) is 12.6. The summed E-state index contributed by atoms with van der Waals surface area (Å²) in [7, 11) is 0.